The average Bonchev–Trinajstić information content (AvgIpc) is 2.86. The van der Waals surface area contributed by atoms with E-state index in [-0.39, 0.29) is 0 Å². The van der Waals surface area contributed by atoms with Crippen molar-refractivity contribution in [3.63, 3.8) is 0 Å². The Morgan fingerprint density at radius 1 is 1.32 bits per heavy atom. The lowest BCUT2D eigenvalue weighted by Gasteiger charge is -2.33. The molecule has 0 saturated heterocycles. The van der Waals surface area contributed by atoms with Crippen LogP contribution in [0.2, 0.25) is 0 Å². The van der Waals surface area contributed by atoms with Crippen LogP contribution in [0.3, 0.4) is 0 Å². The fourth-order valence-corrected chi connectivity index (χ4v) is 3.34. The number of aryl methyl sites for hydroxylation is 1. The molecule has 0 bridgehead atoms. The summed E-state index contributed by atoms with van der Waals surface area (Å²) in [7, 11) is 2.01. The molecule has 3 nitrogen and oxygen atoms in total. The molecule has 1 heterocycles. The van der Waals surface area contributed by atoms with Gasteiger partial charge in [-0.3, -0.25) is 4.68 Å². The van der Waals surface area contributed by atoms with Crippen LogP contribution in [-0.2, 0) is 7.05 Å². The number of hydrogen-bond acceptors (Lipinski definition) is 2. The number of nitrogens with zero attached hydrogens (tertiary/aromatic N) is 2. The van der Waals surface area contributed by atoms with Crippen molar-refractivity contribution in [2.75, 3.05) is 6.54 Å². The van der Waals surface area contributed by atoms with E-state index >= 15 is 0 Å². The monoisotopic (exact) mass is 263 g/mol. The molecule has 2 rings (SSSR count). The highest BCUT2D eigenvalue weighted by Crippen LogP contribution is 2.37. The van der Waals surface area contributed by atoms with Crippen LogP contribution < -0.4 is 5.32 Å². The highest BCUT2D eigenvalue weighted by Gasteiger charge is 2.28. The summed E-state index contributed by atoms with van der Waals surface area (Å²) in [6.07, 6.45) is 10.1. The van der Waals surface area contributed by atoms with Crippen molar-refractivity contribution in [1.29, 1.82) is 0 Å². The van der Waals surface area contributed by atoms with Crippen LogP contribution in [0, 0.1) is 11.8 Å². The van der Waals surface area contributed by atoms with Gasteiger partial charge in [0.1, 0.15) is 0 Å². The summed E-state index contributed by atoms with van der Waals surface area (Å²) in [5, 5.41) is 8.36. The van der Waals surface area contributed by atoms with E-state index in [1.54, 1.807) is 0 Å². The molecule has 19 heavy (non-hydrogen) atoms. The van der Waals surface area contributed by atoms with Crippen molar-refractivity contribution < 1.29 is 0 Å². The lowest BCUT2D eigenvalue weighted by molar-refractivity contribution is 0.216. The van der Waals surface area contributed by atoms with E-state index < -0.39 is 0 Å². The van der Waals surface area contributed by atoms with Gasteiger partial charge < -0.3 is 5.32 Å². The third-order valence-corrected chi connectivity index (χ3v) is 4.61. The molecule has 108 valence electrons. The van der Waals surface area contributed by atoms with Gasteiger partial charge in [-0.2, -0.15) is 5.10 Å². The van der Waals surface area contributed by atoms with Gasteiger partial charge in [-0.15, -0.1) is 0 Å². The molecule has 1 unspecified atom stereocenters. The largest absolute Gasteiger partial charge is 0.308 e. The Morgan fingerprint density at radius 2 is 2.05 bits per heavy atom. The molecule has 0 spiro atoms. The van der Waals surface area contributed by atoms with Crippen molar-refractivity contribution >= 4 is 0 Å². The van der Waals surface area contributed by atoms with Crippen LogP contribution in [-0.4, -0.2) is 16.3 Å². The van der Waals surface area contributed by atoms with E-state index in [2.05, 4.69) is 36.5 Å². The number of aromatic nitrogens is 2. The van der Waals surface area contributed by atoms with E-state index in [9.17, 15) is 0 Å². The molecule has 1 saturated carbocycles. The molecule has 0 aliphatic heterocycles. The van der Waals surface area contributed by atoms with Gasteiger partial charge >= 0.3 is 0 Å². The van der Waals surface area contributed by atoms with Crippen molar-refractivity contribution in [2.45, 2.75) is 58.4 Å². The van der Waals surface area contributed by atoms with Crippen LogP contribution >= 0.6 is 0 Å². The SMILES string of the molecule is CCCNC(c1ccn(C)n1)C1CCC(CC)CC1. The van der Waals surface area contributed by atoms with Crippen LogP contribution in [0.5, 0.6) is 0 Å². The normalized spacial score (nSPS) is 25.4. The fourth-order valence-electron chi connectivity index (χ4n) is 3.34. The Kier molecular flexibility index (Phi) is 5.44. The summed E-state index contributed by atoms with van der Waals surface area (Å²) in [6, 6.07) is 2.64. The quantitative estimate of drug-likeness (QED) is 0.848. The van der Waals surface area contributed by atoms with Gasteiger partial charge in [0.2, 0.25) is 0 Å². The fraction of sp³-hybridized carbons (Fsp3) is 0.812. The van der Waals surface area contributed by atoms with Crippen molar-refractivity contribution in [2.24, 2.45) is 18.9 Å². The van der Waals surface area contributed by atoms with Gasteiger partial charge in [0.05, 0.1) is 11.7 Å². The van der Waals surface area contributed by atoms with Crippen LogP contribution in [0.4, 0.5) is 0 Å². The summed E-state index contributed by atoms with van der Waals surface area (Å²) >= 11 is 0. The van der Waals surface area contributed by atoms with Crippen molar-refractivity contribution in [1.82, 2.24) is 15.1 Å². The molecule has 1 aromatic rings. The predicted octanol–water partition coefficient (Wildman–Crippen LogP) is 3.68. The second-order valence-corrected chi connectivity index (χ2v) is 6.04. The maximum atomic E-state index is 4.63. The predicted molar refractivity (Wildman–Crippen MR) is 80.0 cm³/mol. The maximum absolute atomic E-state index is 4.63. The minimum absolute atomic E-state index is 0.457. The molecular formula is C16H29N3. The number of rotatable bonds is 6. The second-order valence-electron chi connectivity index (χ2n) is 6.04. The maximum Gasteiger partial charge on any atom is 0.0796 e. The van der Waals surface area contributed by atoms with Gasteiger partial charge in [0, 0.05) is 13.2 Å². The van der Waals surface area contributed by atoms with E-state index in [1.165, 1.54) is 44.2 Å². The molecule has 1 aromatic heterocycles. The van der Waals surface area contributed by atoms with Gasteiger partial charge in [-0.1, -0.05) is 33.1 Å². The van der Waals surface area contributed by atoms with Gasteiger partial charge in [-0.05, 0) is 43.7 Å². The Balaban J connectivity index is 2.01. The van der Waals surface area contributed by atoms with Crippen LogP contribution in [0.1, 0.15) is 64.1 Å². The molecular weight excluding hydrogens is 234 g/mol. The molecule has 1 fully saturated rings. The van der Waals surface area contributed by atoms with Crippen molar-refractivity contribution in [3.05, 3.63) is 18.0 Å². The van der Waals surface area contributed by atoms with E-state index in [1.807, 2.05) is 11.7 Å². The van der Waals surface area contributed by atoms with E-state index in [0.29, 0.717) is 6.04 Å². The summed E-state index contributed by atoms with van der Waals surface area (Å²) in [5.74, 6) is 1.73. The number of hydrogen-bond donors (Lipinski definition) is 1. The van der Waals surface area contributed by atoms with Gasteiger partial charge in [-0.25, -0.2) is 0 Å². The van der Waals surface area contributed by atoms with Crippen molar-refractivity contribution in [3.8, 4) is 0 Å². The van der Waals surface area contributed by atoms with E-state index in [0.717, 1.165) is 18.4 Å². The molecule has 1 atom stereocenters. The van der Waals surface area contributed by atoms with Gasteiger partial charge in [0.25, 0.3) is 0 Å². The Morgan fingerprint density at radius 3 is 2.58 bits per heavy atom. The molecule has 1 aliphatic rings. The molecule has 0 aromatic carbocycles. The average molecular weight is 263 g/mol. The first-order valence-electron chi connectivity index (χ1n) is 7.97. The second kappa shape index (κ2) is 7.09. The lowest BCUT2D eigenvalue weighted by atomic mass is 9.77. The molecule has 0 radical (unpaired) electrons. The molecule has 1 aliphatic carbocycles. The first-order valence-corrected chi connectivity index (χ1v) is 7.97. The lowest BCUT2D eigenvalue weighted by Crippen LogP contribution is -2.32. The Hall–Kier alpha value is -0.830. The topological polar surface area (TPSA) is 29.9 Å². The molecule has 1 N–H and O–H groups in total. The first kappa shape index (κ1) is 14.6. The smallest absolute Gasteiger partial charge is 0.0796 e. The minimum Gasteiger partial charge on any atom is -0.308 e. The zero-order chi connectivity index (χ0) is 13.7. The van der Waals surface area contributed by atoms with E-state index in [4.69, 9.17) is 0 Å². The standard InChI is InChI=1S/C16H29N3/c1-4-11-17-16(15-10-12-19(3)18-15)14-8-6-13(5-2)7-9-14/h10,12-14,16-17H,4-9,11H2,1-3H3. The Labute approximate surface area is 117 Å². The van der Waals surface area contributed by atoms with Crippen LogP contribution in [0.15, 0.2) is 12.3 Å². The summed E-state index contributed by atoms with van der Waals surface area (Å²) in [4.78, 5) is 0. The van der Waals surface area contributed by atoms with Crippen LogP contribution in [0.25, 0.3) is 0 Å². The highest BCUT2D eigenvalue weighted by atomic mass is 15.3. The zero-order valence-corrected chi connectivity index (χ0v) is 12.7. The number of nitrogens with one attached hydrogen (secondary N) is 1. The Bertz CT molecular complexity index is 364. The minimum atomic E-state index is 0.457. The third kappa shape index (κ3) is 3.82. The molecule has 3 heteroatoms. The first-order chi connectivity index (χ1) is 9.24. The third-order valence-electron chi connectivity index (χ3n) is 4.61. The summed E-state index contributed by atoms with van der Waals surface area (Å²) in [6.45, 7) is 5.65. The highest BCUT2D eigenvalue weighted by molar-refractivity contribution is 5.07. The summed E-state index contributed by atoms with van der Waals surface area (Å²) in [5.41, 5.74) is 1.23. The summed E-state index contributed by atoms with van der Waals surface area (Å²) < 4.78 is 1.92. The van der Waals surface area contributed by atoms with Gasteiger partial charge in [0.15, 0.2) is 0 Å². The molecule has 0 amide bonds. The zero-order valence-electron chi connectivity index (χ0n) is 12.7.